The summed E-state index contributed by atoms with van der Waals surface area (Å²) >= 11 is 2.88. The highest BCUT2D eigenvalue weighted by molar-refractivity contribution is 7.98. The number of amides is 1. The van der Waals surface area contributed by atoms with Gasteiger partial charge in [0.15, 0.2) is 0 Å². The van der Waals surface area contributed by atoms with E-state index in [-0.39, 0.29) is 11.1 Å². The smallest absolute Gasteiger partial charge is 0.275 e. The zero-order valence-corrected chi connectivity index (χ0v) is 19.0. The summed E-state index contributed by atoms with van der Waals surface area (Å²) in [5.74, 6) is -0.644. The van der Waals surface area contributed by atoms with Gasteiger partial charge in [-0.2, -0.15) is 9.61 Å². The highest BCUT2D eigenvalue weighted by Gasteiger charge is 2.14. The van der Waals surface area contributed by atoms with Gasteiger partial charge in [-0.05, 0) is 30.7 Å². The predicted octanol–water partition coefficient (Wildman–Crippen LogP) is 5.18. The van der Waals surface area contributed by atoms with Gasteiger partial charge in [-0.3, -0.25) is 9.59 Å². The molecule has 0 unspecified atom stereocenters. The molecule has 9 heteroatoms. The summed E-state index contributed by atoms with van der Waals surface area (Å²) in [6.45, 7) is 2.11. The van der Waals surface area contributed by atoms with Crippen LogP contribution in [-0.2, 0) is 12.2 Å². The number of nitrogens with one attached hydrogen (secondary N) is 1. The summed E-state index contributed by atoms with van der Waals surface area (Å²) in [7, 11) is 0. The van der Waals surface area contributed by atoms with Crippen molar-refractivity contribution in [1.82, 2.24) is 14.6 Å². The van der Waals surface area contributed by atoms with E-state index in [9.17, 15) is 14.0 Å². The summed E-state index contributed by atoms with van der Waals surface area (Å²) in [5, 5.41) is 8.05. The van der Waals surface area contributed by atoms with Crippen LogP contribution >= 0.6 is 23.1 Å². The summed E-state index contributed by atoms with van der Waals surface area (Å²) in [6, 6.07) is 14.6. The van der Waals surface area contributed by atoms with Crippen molar-refractivity contribution in [2.24, 2.45) is 0 Å². The first-order valence-corrected chi connectivity index (χ1v) is 12.0. The number of halogens is 1. The Balaban J connectivity index is 1.51. The third kappa shape index (κ3) is 5.05. The number of carbonyl (C=O) groups is 1. The molecule has 0 aliphatic heterocycles. The zero-order chi connectivity index (χ0) is 22.5. The molecule has 2 aromatic heterocycles. The second-order valence-corrected chi connectivity index (χ2v) is 9.16. The maximum Gasteiger partial charge on any atom is 0.275 e. The Morgan fingerprint density at radius 1 is 1.19 bits per heavy atom. The molecule has 0 atom stereocenters. The van der Waals surface area contributed by atoms with Crippen molar-refractivity contribution in [2.45, 2.75) is 36.8 Å². The summed E-state index contributed by atoms with van der Waals surface area (Å²) in [4.78, 5) is 30.9. The van der Waals surface area contributed by atoms with Gasteiger partial charge in [0, 0.05) is 23.1 Å². The van der Waals surface area contributed by atoms with Gasteiger partial charge < -0.3 is 5.32 Å². The number of aromatic nitrogens is 3. The predicted molar refractivity (Wildman–Crippen MR) is 126 cm³/mol. The minimum Gasteiger partial charge on any atom is -0.321 e. The lowest BCUT2D eigenvalue weighted by atomic mass is 10.2. The van der Waals surface area contributed by atoms with Crippen LogP contribution in [0, 0.1) is 5.82 Å². The van der Waals surface area contributed by atoms with E-state index in [1.807, 2.05) is 12.1 Å². The summed E-state index contributed by atoms with van der Waals surface area (Å²) in [6.07, 6.45) is 2.92. The number of aryl methyl sites for hydroxylation is 1. The zero-order valence-electron chi connectivity index (χ0n) is 17.4. The van der Waals surface area contributed by atoms with Crippen molar-refractivity contribution in [3.63, 3.8) is 0 Å². The minimum atomic E-state index is -0.573. The molecule has 0 aliphatic rings. The molecule has 4 aromatic rings. The van der Waals surface area contributed by atoms with Gasteiger partial charge in [0.25, 0.3) is 11.5 Å². The maximum atomic E-state index is 13.9. The standard InChI is InChI=1S/C23H21FN4O2S2/c1-2-3-12-20-27-28-21(29)13-15(25-23(28)32-20)14-31-19-11-7-6-10-18(19)26-22(30)16-8-4-5-9-17(16)24/h4-11,13H,2-3,12,14H2,1H3,(H,26,30). The third-order valence-corrected chi connectivity index (χ3v) is 6.79. The van der Waals surface area contributed by atoms with Crippen LogP contribution < -0.4 is 10.9 Å². The Morgan fingerprint density at radius 3 is 2.78 bits per heavy atom. The van der Waals surface area contributed by atoms with E-state index in [1.165, 1.54) is 51.9 Å². The van der Waals surface area contributed by atoms with Crippen LogP contribution in [0.3, 0.4) is 0 Å². The van der Waals surface area contributed by atoms with Crippen LogP contribution in [0.1, 0.15) is 40.8 Å². The van der Waals surface area contributed by atoms with Gasteiger partial charge >= 0.3 is 0 Å². The molecule has 164 valence electrons. The number of benzene rings is 2. The van der Waals surface area contributed by atoms with Gasteiger partial charge in [-0.25, -0.2) is 9.37 Å². The van der Waals surface area contributed by atoms with E-state index in [1.54, 1.807) is 18.2 Å². The van der Waals surface area contributed by atoms with E-state index in [2.05, 4.69) is 22.3 Å². The first-order valence-electron chi connectivity index (χ1n) is 10.2. The molecular weight excluding hydrogens is 447 g/mol. The van der Waals surface area contributed by atoms with E-state index < -0.39 is 11.7 Å². The fraction of sp³-hybridized carbons (Fsp3) is 0.217. The van der Waals surface area contributed by atoms with Crippen LogP contribution in [0.5, 0.6) is 0 Å². The largest absolute Gasteiger partial charge is 0.321 e. The fourth-order valence-corrected chi connectivity index (χ4v) is 4.94. The Labute approximate surface area is 192 Å². The lowest BCUT2D eigenvalue weighted by Crippen LogP contribution is -2.15. The first-order chi connectivity index (χ1) is 15.5. The monoisotopic (exact) mass is 468 g/mol. The number of rotatable bonds is 8. The van der Waals surface area contributed by atoms with Gasteiger partial charge in [0.05, 0.1) is 16.9 Å². The van der Waals surface area contributed by atoms with Gasteiger partial charge in [-0.15, -0.1) is 11.8 Å². The number of hydrogen-bond donors (Lipinski definition) is 1. The summed E-state index contributed by atoms with van der Waals surface area (Å²) in [5.41, 5.74) is 0.992. The molecule has 0 saturated heterocycles. The second-order valence-electron chi connectivity index (χ2n) is 7.10. The number of carbonyl (C=O) groups excluding carboxylic acids is 1. The van der Waals surface area contributed by atoms with Crippen molar-refractivity contribution in [3.8, 4) is 0 Å². The van der Waals surface area contributed by atoms with E-state index in [4.69, 9.17) is 0 Å². The number of para-hydroxylation sites is 1. The molecule has 2 heterocycles. The highest BCUT2D eigenvalue weighted by Crippen LogP contribution is 2.30. The molecule has 1 amide bonds. The van der Waals surface area contributed by atoms with Crippen molar-refractivity contribution < 1.29 is 9.18 Å². The number of thioether (sulfide) groups is 1. The SMILES string of the molecule is CCCCc1nn2c(=O)cc(CSc3ccccc3NC(=O)c3ccccc3F)nc2s1. The molecular formula is C23H21FN4O2S2. The molecule has 6 nitrogen and oxygen atoms in total. The van der Waals surface area contributed by atoms with E-state index in [0.717, 1.165) is 29.2 Å². The average Bonchev–Trinajstić information content (AvgIpc) is 3.21. The van der Waals surface area contributed by atoms with Crippen molar-refractivity contribution >= 4 is 39.7 Å². The average molecular weight is 469 g/mol. The first kappa shape index (κ1) is 22.2. The lowest BCUT2D eigenvalue weighted by Gasteiger charge is -2.11. The highest BCUT2D eigenvalue weighted by atomic mass is 32.2. The number of hydrogen-bond acceptors (Lipinski definition) is 6. The molecule has 0 fully saturated rings. The third-order valence-electron chi connectivity index (χ3n) is 4.71. The van der Waals surface area contributed by atoms with Crippen molar-refractivity contribution in [2.75, 3.05) is 5.32 Å². The number of nitrogens with zero attached hydrogens (tertiary/aromatic N) is 3. The molecule has 0 spiro atoms. The lowest BCUT2D eigenvalue weighted by molar-refractivity contribution is 0.102. The quantitative estimate of drug-likeness (QED) is 0.361. The topological polar surface area (TPSA) is 76.4 Å². The van der Waals surface area contributed by atoms with Crippen molar-refractivity contribution in [3.05, 3.63) is 87.0 Å². The molecule has 4 rings (SSSR count). The van der Waals surface area contributed by atoms with Crippen LogP contribution in [0.2, 0.25) is 0 Å². The fourth-order valence-electron chi connectivity index (χ4n) is 3.08. The minimum absolute atomic E-state index is 0.0171. The molecule has 0 saturated carbocycles. The number of fused-ring (bicyclic) bond motifs is 1. The van der Waals surface area contributed by atoms with Gasteiger partial charge in [0.2, 0.25) is 4.96 Å². The van der Waals surface area contributed by atoms with E-state index >= 15 is 0 Å². The van der Waals surface area contributed by atoms with Gasteiger partial charge in [0.1, 0.15) is 10.8 Å². The van der Waals surface area contributed by atoms with Crippen LogP contribution in [-0.4, -0.2) is 20.5 Å². The van der Waals surface area contributed by atoms with Gasteiger partial charge in [-0.1, -0.05) is 48.9 Å². The molecule has 1 N–H and O–H groups in total. The molecule has 2 aromatic carbocycles. The molecule has 32 heavy (non-hydrogen) atoms. The number of anilines is 1. The van der Waals surface area contributed by atoms with Crippen LogP contribution in [0.25, 0.3) is 4.96 Å². The Kier molecular flexibility index (Phi) is 6.96. The second kappa shape index (κ2) is 10.1. The van der Waals surface area contributed by atoms with Crippen LogP contribution in [0.15, 0.2) is 64.3 Å². The molecule has 0 radical (unpaired) electrons. The maximum absolute atomic E-state index is 13.9. The van der Waals surface area contributed by atoms with Crippen molar-refractivity contribution in [1.29, 1.82) is 0 Å². The molecule has 0 aliphatic carbocycles. The molecule has 0 bridgehead atoms. The Morgan fingerprint density at radius 2 is 1.97 bits per heavy atom. The Hall–Kier alpha value is -3.04. The number of unbranched alkanes of at least 4 members (excludes halogenated alkanes) is 1. The summed E-state index contributed by atoms with van der Waals surface area (Å²) < 4.78 is 15.3. The normalized spacial score (nSPS) is 11.1. The van der Waals surface area contributed by atoms with Crippen LogP contribution in [0.4, 0.5) is 10.1 Å². The van der Waals surface area contributed by atoms with E-state index in [0.29, 0.717) is 22.1 Å². The Bertz CT molecular complexity index is 1320.